The summed E-state index contributed by atoms with van der Waals surface area (Å²) in [4.78, 5) is 45.7. The summed E-state index contributed by atoms with van der Waals surface area (Å²) in [6.45, 7) is 6.27. The molecular weight excluding hydrogens is 432 g/mol. The molecule has 168 valence electrons. The van der Waals surface area contributed by atoms with Gasteiger partial charge in [-0.05, 0) is 45.3 Å². The highest BCUT2D eigenvalue weighted by atomic mass is 32.1. The summed E-state index contributed by atoms with van der Waals surface area (Å²) in [5, 5.41) is 22.8. The van der Waals surface area contributed by atoms with E-state index in [1.807, 2.05) is 0 Å². The van der Waals surface area contributed by atoms with E-state index in [-0.39, 0.29) is 11.3 Å². The molecule has 0 saturated carbocycles. The largest absolute Gasteiger partial charge is 0.503 e. The van der Waals surface area contributed by atoms with E-state index in [0.717, 1.165) is 25.9 Å². The molecule has 1 amide bonds. The number of non-ortho nitro benzene ring substituents is 1. The molecule has 2 aliphatic heterocycles. The fraction of sp³-hybridized carbons (Fsp3) is 0.409. The van der Waals surface area contributed by atoms with E-state index in [4.69, 9.17) is 0 Å². The lowest BCUT2D eigenvalue weighted by atomic mass is 9.94. The number of ketones is 1. The van der Waals surface area contributed by atoms with Crippen LogP contribution >= 0.6 is 11.3 Å². The van der Waals surface area contributed by atoms with Crippen molar-refractivity contribution in [2.75, 3.05) is 26.2 Å². The molecule has 1 saturated heterocycles. The summed E-state index contributed by atoms with van der Waals surface area (Å²) in [6.07, 6.45) is 2.19. The molecule has 3 heterocycles. The van der Waals surface area contributed by atoms with Crippen molar-refractivity contribution in [2.45, 2.75) is 32.7 Å². The van der Waals surface area contributed by atoms with Crippen LogP contribution in [0.25, 0.3) is 0 Å². The third-order valence-corrected chi connectivity index (χ3v) is 6.98. The van der Waals surface area contributed by atoms with Crippen LogP contribution in [0.3, 0.4) is 0 Å². The van der Waals surface area contributed by atoms with E-state index in [9.17, 15) is 24.8 Å². The summed E-state index contributed by atoms with van der Waals surface area (Å²) in [5.74, 6) is -1.71. The number of hydrogen-bond donors (Lipinski definition) is 1. The van der Waals surface area contributed by atoms with Crippen LogP contribution in [0, 0.1) is 24.0 Å². The molecule has 1 unspecified atom stereocenters. The van der Waals surface area contributed by atoms with E-state index in [1.165, 1.54) is 34.4 Å². The first kappa shape index (κ1) is 22.1. The van der Waals surface area contributed by atoms with Crippen molar-refractivity contribution in [1.82, 2.24) is 14.8 Å². The minimum atomic E-state index is -0.903. The van der Waals surface area contributed by atoms with Gasteiger partial charge in [0.05, 0.1) is 32.1 Å². The zero-order valence-electron chi connectivity index (χ0n) is 17.9. The molecule has 1 N–H and O–H groups in total. The van der Waals surface area contributed by atoms with Gasteiger partial charge in [-0.1, -0.05) is 12.1 Å². The van der Waals surface area contributed by atoms with Crippen molar-refractivity contribution in [1.29, 1.82) is 0 Å². The number of hydrogen-bond acceptors (Lipinski definition) is 8. The molecule has 0 bridgehead atoms. The Bertz CT molecular complexity index is 1120. The van der Waals surface area contributed by atoms with Crippen molar-refractivity contribution in [3.05, 3.63) is 66.9 Å². The number of thiazole rings is 1. The Kier molecular flexibility index (Phi) is 6.07. The third-order valence-electron chi connectivity index (χ3n) is 5.91. The zero-order valence-corrected chi connectivity index (χ0v) is 18.7. The smallest absolute Gasteiger partial charge is 0.290 e. The van der Waals surface area contributed by atoms with Gasteiger partial charge in [0.15, 0.2) is 5.76 Å². The van der Waals surface area contributed by atoms with Crippen LogP contribution in [0.15, 0.2) is 35.6 Å². The number of amides is 1. The van der Waals surface area contributed by atoms with Crippen LogP contribution in [0.2, 0.25) is 0 Å². The van der Waals surface area contributed by atoms with Crippen LogP contribution < -0.4 is 0 Å². The highest BCUT2D eigenvalue weighted by molar-refractivity contribution is 7.14. The number of likely N-dealkylation sites (tertiary alicyclic amines) is 1. The van der Waals surface area contributed by atoms with Gasteiger partial charge in [-0.2, -0.15) is 0 Å². The number of aliphatic hydroxyl groups excluding tert-OH is 1. The van der Waals surface area contributed by atoms with E-state index in [2.05, 4.69) is 9.88 Å². The van der Waals surface area contributed by atoms with E-state index in [0.29, 0.717) is 34.2 Å². The Morgan fingerprint density at radius 1 is 1.28 bits per heavy atom. The fourth-order valence-corrected chi connectivity index (χ4v) is 5.26. The topological polar surface area (TPSA) is 117 Å². The number of carbonyl (C=O) groups excluding carboxylic acids is 2. The number of aryl methyl sites for hydroxylation is 2. The van der Waals surface area contributed by atoms with Crippen LogP contribution in [0.1, 0.15) is 44.8 Å². The molecule has 0 radical (unpaired) electrons. The normalized spacial score (nSPS) is 19.2. The fourth-order valence-electron chi connectivity index (χ4n) is 4.39. The summed E-state index contributed by atoms with van der Waals surface area (Å²) >= 11 is 1.20. The predicted octanol–water partition coefficient (Wildman–Crippen LogP) is 3.34. The lowest BCUT2D eigenvalue weighted by molar-refractivity contribution is -0.384. The number of carbonyl (C=O) groups is 2. The average Bonchev–Trinajstić information content (AvgIpc) is 3.46. The molecule has 0 spiro atoms. The number of rotatable bonds is 7. The summed E-state index contributed by atoms with van der Waals surface area (Å²) in [5.41, 5.74) is 0.750. The highest BCUT2D eigenvalue weighted by Gasteiger charge is 2.44. The van der Waals surface area contributed by atoms with E-state index in [1.54, 1.807) is 19.9 Å². The predicted molar refractivity (Wildman–Crippen MR) is 119 cm³/mol. The molecule has 32 heavy (non-hydrogen) atoms. The SMILES string of the molecule is Cc1nc(C)c(C(=O)C2=C(O)C(=O)N(CCN3CCCC3)C2c2cccc([N+](=O)[O-])c2)s1. The molecule has 1 aromatic carbocycles. The van der Waals surface area contributed by atoms with Gasteiger partial charge in [0.25, 0.3) is 11.6 Å². The molecule has 2 aliphatic rings. The second kappa shape index (κ2) is 8.79. The molecule has 10 heteroatoms. The minimum Gasteiger partial charge on any atom is -0.503 e. The lowest BCUT2D eigenvalue weighted by Gasteiger charge is -2.28. The Labute approximate surface area is 189 Å². The second-order valence-electron chi connectivity index (χ2n) is 8.04. The minimum absolute atomic E-state index is 0.0522. The zero-order chi connectivity index (χ0) is 23.0. The third kappa shape index (κ3) is 4.03. The molecule has 1 fully saturated rings. The Hall–Kier alpha value is -3.11. The molecule has 4 rings (SSSR count). The molecule has 9 nitrogen and oxygen atoms in total. The van der Waals surface area contributed by atoms with Crippen molar-refractivity contribution < 1.29 is 19.6 Å². The van der Waals surface area contributed by atoms with Crippen molar-refractivity contribution in [3.8, 4) is 0 Å². The standard InChI is InChI=1S/C22H24N4O5S/c1-13-21(32-14(2)23-13)19(27)17-18(15-6-5-7-16(12-15)26(30)31)25(22(29)20(17)28)11-10-24-8-3-4-9-24/h5-7,12,18,28H,3-4,8-11H2,1-2H3. The van der Waals surface area contributed by atoms with Crippen molar-refractivity contribution in [2.24, 2.45) is 0 Å². The number of nitrogens with zero attached hydrogens (tertiary/aromatic N) is 4. The van der Waals surface area contributed by atoms with Gasteiger partial charge in [0.2, 0.25) is 5.78 Å². The van der Waals surface area contributed by atoms with E-state index >= 15 is 0 Å². The molecular formula is C22H24N4O5S. The van der Waals surface area contributed by atoms with Gasteiger partial charge in [-0.25, -0.2) is 4.98 Å². The van der Waals surface area contributed by atoms with Gasteiger partial charge < -0.3 is 14.9 Å². The van der Waals surface area contributed by atoms with Crippen LogP contribution in [-0.2, 0) is 4.79 Å². The van der Waals surface area contributed by atoms with Crippen LogP contribution in [0.4, 0.5) is 5.69 Å². The maximum absolute atomic E-state index is 13.5. The number of benzene rings is 1. The molecule has 1 aromatic heterocycles. The average molecular weight is 457 g/mol. The number of aliphatic hydroxyl groups is 1. The first-order chi connectivity index (χ1) is 15.3. The second-order valence-corrected chi connectivity index (χ2v) is 9.24. The summed E-state index contributed by atoms with van der Waals surface area (Å²) in [6, 6.07) is 4.98. The quantitative estimate of drug-likeness (QED) is 0.386. The Morgan fingerprint density at radius 3 is 2.62 bits per heavy atom. The van der Waals surface area contributed by atoms with Crippen LogP contribution in [-0.4, -0.2) is 62.7 Å². The van der Waals surface area contributed by atoms with Crippen molar-refractivity contribution >= 4 is 28.7 Å². The first-order valence-corrected chi connectivity index (χ1v) is 11.3. The van der Waals surface area contributed by atoms with Gasteiger partial charge in [-0.15, -0.1) is 11.3 Å². The number of nitro groups is 1. The molecule has 1 atom stereocenters. The Balaban J connectivity index is 1.75. The maximum atomic E-state index is 13.5. The first-order valence-electron chi connectivity index (χ1n) is 10.5. The van der Waals surface area contributed by atoms with Crippen LogP contribution in [0.5, 0.6) is 0 Å². The van der Waals surface area contributed by atoms with Gasteiger partial charge >= 0.3 is 0 Å². The monoisotopic (exact) mass is 456 g/mol. The maximum Gasteiger partial charge on any atom is 0.290 e. The molecule has 2 aromatic rings. The number of aromatic nitrogens is 1. The van der Waals surface area contributed by atoms with E-state index < -0.39 is 28.4 Å². The van der Waals surface area contributed by atoms with Gasteiger partial charge in [0, 0.05) is 25.2 Å². The Morgan fingerprint density at radius 2 is 2.00 bits per heavy atom. The van der Waals surface area contributed by atoms with Gasteiger partial charge in [-0.3, -0.25) is 19.7 Å². The van der Waals surface area contributed by atoms with Crippen molar-refractivity contribution in [3.63, 3.8) is 0 Å². The summed E-state index contributed by atoms with van der Waals surface area (Å²) < 4.78 is 0. The van der Waals surface area contributed by atoms with Gasteiger partial charge in [0.1, 0.15) is 0 Å². The number of nitro benzene ring substituents is 1. The molecule has 0 aliphatic carbocycles. The highest BCUT2D eigenvalue weighted by Crippen LogP contribution is 2.40. The number of Topliss-reactive ketones (excluding diaryl/α,β-unsaturated/α-hetero) is 1. The summed E-state index contributed by atoms with van der Waals surface area (Å²) in [7, 11) is 0. The lowest BCUT2D eigenvalue weighted by Crippen LogP contribution is -2.38.